The molecule has 1 aliphatic rings. The summed E-state index contributed by atoms with van der Waals surface area (Å²) in [5.74, 6) is 0.408. The third-order valence-electron chi connectivity index (χ3n) is 4.64. The van der Waals surface area contributed by atoms with Gasteiger partial charge in [-0.15, -0.1) is 0 Å². The van der Waals surface area contributed by atoms with Crippen LogP contribution in [-0.4, -0.2) is 35.1 Å². The number of hydrogen-bond donors (Lipinski definition) is 2. The predicted octanol–water partition coefficient (Wildman–Crippen LogP) is 2.87. The van der Waals surface area contributed by atoms with Gasteiger partial charge in [-0.05, 0) is 30.4 Å². The van der Waals surface area contributed by atoms with Gasteiger partial charge in [0.25, 0.3) is 0 Å². The molecule has 0 radical (unpaired) electrons. The van der Waals surface area contributed by atoms with Gasteiger partial charge in [-0.25, -0.2) is 0 Å². The first-order valence-electron chi connectivity index (χ1n) is 8.26. The Hall–Kier alpha value is -1.39. The fourth-order valence-corrected chi connectivity index (χ4v) is 2.65. The van der Waals surface area contributed by atoms with Crippen molar-refractivity contribution in [2.24, 2.45) is 11.8 Å². The molecule has 2 rings (SSSR count). The zero-order chi connectivity index (χ0) is 16.1. The molecule has 0 unspecified atom stereocenters. The SMILES string of the molecule is CC(C)[C@@H](C)C(=O)Nc1ccccc1CN1CCC(O)CC1. The summed E-state index contributed by atoms with van der Waals surface area (Å²) in [5.41, 5.74) is 2.05. The monoisotopic (exact) mass is 304 g/mol. The summed E-state index contributed by atoms with van der Waals surface area (Å²) in [7, 11) is 0. The number of rotatable bonds is 5. The van der Waals surface area contributed by atoms with E-state index >= 15 is 0 Å². The maximum absolute atomic E-state index is 12.3. The summed E-state index contributed by atoms with van der Waals surface area (Å²) >= 11 is 0. The summed E-state index contributed by atoms with van der Waals surface area (Å²) < 4.78 is 0. The van der Waals surface area contributed by atoms with Crippen LogP contribution in [0.4, 0.5) is 5.69 Å². The first kappa shape index (κ1) is 17.0. The van der Waals surface area contributed by atoms with Crippen LogP contribution in [0.25, 0.3) is 0 Å². The molecule has 4 heteroatoms. The summed E-state index contributed by atoms with van der Waals surface area (Å²) in [4.78, 5) is 14.6. The first-order valence-corrected chi connectivity index (χ1v) is 8.26. The van der Waals surface area contributed by atoms with Crippen molar-refractivity contribution in [1.82, 2.24) is 4.90 Å². The number of likely N-dealkylation sites (tertiary alicyclic amines) is 1. The van der Waals surface area contributed by atoms with Gasteiger partial charge in [0.15, 0.2) is 0 Å². The second kappa shape index (κ2) is 7.75. The zero-order valence-electron chi connectivity index (χ0n) is 13.9. The van der Waals surface area contributed by atoms with E-state index in [1.54, 1.807) is 0 Å². The molecule has 0 spiro atoms. The average molecular weight is 304 g/mol. The minimum atomic E-state index is -0.155. The number of nitrogens with zero attached hydrogens (tertiary/aromatic N) is 1. The van der Waals surface area contributed by atoms with Crippen molar-refractivity contribution in [3.8, 4) is 0 Å². The van der Waals surface area contributed by atoms with E-state index in [1.165, 1.54) is 0 Å². The Morgan fingerprint density at radius 2 is 1.91 bits per heavy atom. The van der Waals surface area contributed by atoms with Crippen LogP contribution in [0.1, 0.15) is 39.2 Å². The van der Waals surface area contributed by atoms with Crippen molar-refractivity contribution in [3.05, 3.63) is 29.8 Å². The van der Waals surface area contributed by atoms with E-state index in [0.29, 0.717) is 5.92 Å². The minimum absolute atomic E-state index is 0.00168. The van der Waals surface area contributed by atoms with Crippen LogP contribution in [0.15, 0.2) is 24.3 Å². The van der Waals surface area contributed by atoms with Crippen molar-refractivity contribution < 1.29 is 9.90 Å². The lowest BCUT2D eigenvalue weighted by atomic mass is 9.97. The first-order chi connectivity index (χ1) is 10.5. The van der Waals surface area contributed by atoms with Crippen molar-refractivity contribution in [1.29, 1.82) is 0 Å². The van der Waals surface area contributed by atoms with E-state index in [2.05, 4.69) is 30.1 Å². The summed E-state index contributed by atoms with van der Waals surface area (Å²) in [6, 6.07) is 8.01. The van der Waals surface area contributed by atoms with Crippen LogP contribution in [0.3, 0.4) is 0 Å². The lowest BCUT2D eigenvalue weighted by molar-refractivity contribution is -0.120. The highest BCUT2D eigenvalue weighted by Gasteiger charge is 2.20. The van der Waals surface area contributed by atoms with Gasteiger partial charge < -0.3 is 10.4 Å². The van der Waals surface area contributed by atoms with Crippen LogP contribution in [0.2, 0.25) is 0 Å². The van der Waals surface area contributed by atoms with Gasteiger partial charge >= 0.3 is 0 Å². The van der Waals surface area contributed by atoms with Crippen LogP contribution in [0, 0.1) is 11.8 Å². The molecule has 1 saturated heterocycles. The van der Waals surface area contributed by atoms with Gasteiger partial charge in [-0.1, -0.05) is 39.0 Å². The molecule has 2 N–H and O–H groups in total. The molecule has 0 saturated carbocycles. The van der Waals surface area contributed by atoms with Crippen molar-refractivity contribution in [2.45, 2.75) is 46.3 Å². The molecule has 122 valence electrons. The van der Waals surface area contributed by atoms with Gasteiger partial charge in [-0.3, -0.25) is 9.69 Å². The van der Waals surface area contributed by atoms with Crippen LogP contribution in [0.5, 0.6) is 0 Å². The molecular formula is C18H28N2O2. The van der Waals surface area contributed by atoms with Gasteiger partial charge in [0, 0.05) is 31.2 Å². The highest BCUT2D eigenvalue weighted by atomic mass is 16.3. The highest BCUT2D eigenvalue weighted by molar-refractivity contribution is 5.93. The molecule has 1 amide bonds. The number of aliphatic hydroxyl groups excluding tert-OH is 1. The third kappa shape index (κ3) is 4.55. The Morgan fingerprint density at radius 1 is 1.27 bits per heavy atom. The molecule has 1 aliphatic heterocycles. The normalized spacial score (nSPS) is 18.4. The fourth-order valence-electron chi connectivity index (χ4n) is 2.65. The molecule has 1 aromatic rings. The Balaban J connectivity index is 2.02. The van der Waals surface area contributed by atoms with Crippen LogP contribution >= 0.6 is 0 Å². The zero-order valence-corrected chi connectivity index (χ0v) is 13.9. The van der Waals surface area contributed by atoms with Crippen molar-refractivity contribution >= 4 is 11.6 Å². The topological polar surface area (TPSA) is 52.6 Å². The Morgan fingerprint density at radius 3 is 2.55 bits per heavy atom. The smallest absolute Gasteiger partial charge is 0.227 e. The largest absolute Gasteiger partial charge is 0.393 e. The fraction of sp³-hybridized carbons (Fsp3) is 0.611. The number of amides is 1. The van der Waals surface area contributed by atoms with E-state index in [1.807, 2.05) is 25.1 Å². The number of para-hydroxylation sites is 1. The average Bonchev–Trinajstić information content (AvgIpc) is 2.50. The molecule has 1 fully saturated rings. The molecule has 1 aromatic carbocycles. The molecule has 1 atom stereocenters. The number of piperidine rings is 1. The quantitative estimate of drug-likeness (QED) is 0.879. The lowest BCUT2D eigenvalue weighted by Crippen LogP contribution is -2.35. The van der Waals surface area contributed by atoms with Gasteiger partial charge in [0.1, 0.15) is 0 Å². The van der Waals surface area contributed by atoms with E-state index in [-0.39, 0.29) is 17.9 Å². The summed E-state index contributed by atoms with van der Waals surface area (Å²) in [5, 5.41) is 12.7. The molecular weight excluding hydrogens is 276 g/mol. The van der Waals surface area contributed by atoms with E-state index in [4.69, 9.17) is 0 Å². The number of aliphatic hydroxyl groups is 1. The Bertz CT molecular complexity index is 494. The number of carbonyl (C=O) groups excluding carboxylic acids is 1. The van der Waals surface area contributed by atoms with Gasteiger partial charge in [0.05, 0.1) is 6.10 Å². The van der Waals surface area contributed by atoms with Crippen LogP contribution in [-0.2, 0) is 11.3 Å². The van der Waals surface area contributed by atoms with Crippen LogP contribution < -0.4 is 5.32 Å². The molecule has 0 aliphatic carbocycles. The van der Waals surface area contributed by atoms with Crippen molar-refractivity contribution in [3.63, 3.8) is 0 Å². The predicted molar refractivity (Wildman–Crippen MR) is 89.6 cm³/mol. The molecule has 22 heavy (non-hydrogen) atoms. The lowest BCUT2D eigenvalue weighted by Gasteiger charge is -2.30. The second-order valence-electron chi connectivity index (χ2n) is 6.69. The summed E-state index contributed by atoms with van der Waals surface area (Å²) in [6.07, 6.45) is 1.51. The highest BCUT2D eigenvalue weighted by Crippen LogP contribution is 2.21. The standard InChI is InChI=1S/C18H28N2O2/c1-13(2)14(3)18(22)19-17-7-5-4-6-15(17)12-20-10-8-16(21)9-11-20/h4-7,13-14,16,21H,8-12H2,1-3H3,(H,19,22)/t14-/m1/s1. The van der Waals surface area contributed by atoms with Gasteiger partial charge in [-0.2, -0.15) is 0 Å². The molecule has 4 nitrogen and oxygen atoms in total. The number of carbonyl (C=O) groups is 1. The Kier molecular flexibility index (Phi) is 5.98. The van der Waals surface area contributed by atoms with E-state index in [9.17, 15) is 9.90 Å². The summed E-state index contributed by atoms with van der Waals surface area (Å²) in [6.45, 7) is 8.73. The number of anilines is 1. The minimum Gasteiger partial charge on any atom is -0.393 e. The Labute approximate surface area is 133 Å². The van der Waals surface area contributed by atoms with Gasteiger partial charge in [0.2, 0.25) is 5.91 Å². The maximum Gasteiger partial charge on any atom is 0.227 e. The molecule has 0 aromatic heterocycles. The third-order valence-corrected chi connectivity index (χ3v) is 4.64. The number of benzene rings is 1. The number of hydrogen-bond acceptors (Lipinski definition) is 3. The van der Waals surface area contributed by atoms with E-state index in [0.717, 1.165) is 43.7 Å². The molecule has 0 bridgehead atoms. The van der Waals surface area contributed by atoms with Crippen molar-refractivity contribution in [2.75, 3.05) is 18.4 Å². The second-order valence-corrected chi connectivity index (χ2v) is 6.69. The maximum atomic E-state index is 12.3. The molecule has 1 heterocycles. The van der Waals surface area contributed by atoms with E-state index < -0.39 is 0 Å². The number of nitrogens with one attached hydrogen (secondary N) is 1.